The van der Waals surface area contributed by atoms with Crippen LogP contribution in [0.5, 0.6) is 0 Å². The first-order chi connectivity index (χ1) is 14.4. The van der Waals surface area contributed by atoms with Gasteiger partial charge in [0.2, 0.25) is 0 Å². The second kappa shape index (κ2) is 9.90. The van der Waals surface area contributed by atoms with Crippen LogP contribution in [0.3, 0.4) is 0 Å². The Morgan fingerprint density at radius 2 is 0.900 bits per heavy atom. The minimum Gasteiger partial charge on any atom is -0.192 e. The van der Waals surface area contributed by atoms with Gasteiger partial charge in [-0.2, -0.15) is 10.5 Å². The first kappa shape index (κ1) is 22.0. The van der Waals surface area contributed by atoms with Gasteiger partial charge in [0.15, 0.2) is 0 Å². The molecule has 0 aromatic heterocycles. The van der Waals surface area contributed by atoms with Crippen molar-refractivity contribution in [1.29, 1.82) is 10.5 Å². The zero-order valence-electron chi connectivity index (χ0n) is 17.6. The quantitative estimate of drug-likeness (QED) is 0.399. The number of nitriles is 2. The highest BCUT2D eigenvalue weighted by Gasteiger charge is 2.15. The van der Waals surface area contributed by atoms with E-state index in [4.69, 9.17) is 0 Å². The lowest BCUT2D eigenvalue weighted by Crippen LogP contribution is -1.92. The second-order valence-electron chi connectivity index (χ2n) is 7.69. The van der Waals surface area contributed by atoms with Crippen molar-refractivity contribution in [3.8, 4) is 12.1 Å². The molecular formula is C26H24N2S2. The predicted molar refractivity (Wildman–Crippen MR) is 125 cm³/mol. The summed E-state index contributed by atoms with van der Waals surface area (Å²) in [5.74, 6) is 0.963. The van der Waals surface area contributed by atoms with Crippen molar-refractivity contribution in [1.82, 2.24) is 0 Å². The summed E-state index contributed by atoms with van der Waals surface area (Å²) < 4.78 is 0. The number of nitrogens with zero attached hydrogens (tertiary/aromatic N) is 2. The van der Waals surface area contributed by atoms with Gasteiger partial charge < -0.3 is 0 Å². The predicted octanol–water partition coefficient (Wildman–Crippen LogP) is 7.98. The van der Waals surface area contributed by atoms with E-state index in [2.05, 4.69) is 88.4 Å². The number of rotatable bonds is 6. The van der Waals surface area contributed by atoms with Gasteiger partial charge in [-0.3, -0.25) is 0 Å². The molecule has 0 radical (unpaired) electrons. The summed E-state index contributed by atoms with van der Waals surface area (Å²) >= 11 is 3.05. The van der Waals surface area contributed by atoms with Crippen LogP contribution >= 0.6 is 23.5 Å². The van der Waals surface area contributed by atoms with Gasteiger partial charge in [0.1, 0.15) is 12.1 Å². The molecule has 0 fully saturated rings. The summed E-state index contributed by atoms with van der Waals surface area (Å²) in [6, 6.07) is 25.2. The summed E-state index contributed by atoms with van der Waals surface area (Å²) in [6.45, 7) is 8.67. The molecule has 0 saturated heterocycles. The topological polar surface area (TPSA) is 47.6 Å². The van der Waals surface area contributed by atoms with Gasteiger partial charge >= 0.3 is 0 Å². The smallest absolute Gasteiger partial charge is 0.102 e. The third kappa shape index (κ3) is 5.08. The molecule has 30 heavy (non-hydrogen) atoms. The van der Waals surface area contributed by atoms with Crippen LogP contribution in [0.15, 0.2) is 80.2 Å². The highest BCUT2D eigenvalue weighted by molar-refractivity contribution is 8.00. The Morgan fingerprint density at radius 3 is 1.17 bits per heavy atom. The van der Waals surface area contributed by atoms with Gasteiger partial charge in [-0.15, -0.1) is 0 Å². The number of hydrogen-bond donors (Lipinski definition) is 0. The van der Waals surface area contributed by atoms with Crippen LogP contribution in [-0.4, -0.2) is 0 Å². The molecule has 0 bridgehead atoms. The normalized spacial score (nSPS) is 10.8. The molecule has 0 aliphatic heterocycles. The van der Waals surface area contributed by atoms with Crippen LogP contribution in [-0.2, 0) is 0 Å². The maximum Gasteiger partial charge on any atom is 0.102 e. The third-order valence-electron chi connectivity index (χ3n) is 4.90. The molecule has 0 N–H and O–H groups in total. The standard InChI is InChI=1S/C26H24N2S2/c1-17(2)19-5-9-21(10-6-19)29-25-13-14-26(24(16-28)23(25)15-27)30-22-11-7-20(8-12-22)18(3)4/h5-14,17-18H,1-4H3. The first-order valence-corrected chi connectivity index (χ1v) is 11.6. The minimum atomic E-state index is 0.444. The fraction of sp³-hybridized carbons (Fsp3) is 0.231. The van der Waals surface area contributed by atoms with E-state index in [0.717, 1.165) is 19.6 Å². The molecule has 0 heterocycles. The summed E-state index contributed by atoms with van der Waals surface area (Å²) in [5, 5.41) is 19.6. The maximum atomic E-state index is 9.79. The maximum absolute atomic E-state index is 9.79. The molecule has 0 unspecified atom stereocenters. The van der Waals surface area contributed by atoms with E-state index >= 15 is 0 Å². The Hall–Kier alpha value is -2.66. The van der Waals surface area contributed by atoms with E-state index in [-0.39, 0.29) is 0 Å². The van der Waals surface area contributed by atoms with E-state index in [1.165, 1.54) is 34.7 Å². The van der Waals surface area contributed by atoms with Crippen molar-refractivity contribution in [2.45, 2.75) is 59.1 Å². The Kier molecular flexibility index (Phi) is 7.27. The van der Waals surface area contributed by atoms with Crippen LogP contribution in [0.2, 0.25) is 0 Å². The summed E-state index contributed by atoms with van der Waals surface area (Å²) in [7, 11) is 0. The van der Waals surface area contributed by atoms with Crippen molar-refractivity contribution in [2.75, 3.05) is 0 Å². The molecule has 0 atom stereocenters. The van der Waals surface area contributed by atoms with Crippen molar-refractivity contribution in [3.63, 3.8) is 0 Å². The minimum absolute atomic E-state index is 0.444. The Balaban J connectivity index is 1.89. The van der Waals surface area contributed by atoms with Gasteiger partial charge in [-0.1, -0.05) is 75.5 Å². The van der Waals surface area contributed by atoms with Crippen molar-refractivity contribution >= 4 is 23.5 Å². The Morgan fingerprint density at radius 1 is 0.567 bits per heavy atom. The van der Waals surface area contributed by atoms with Crippen LogP contribution < -0.4 is 0 Å². The van der Waals surface area contributed by atoms with Crippen LogP contribution in [0, 0.1) is 22.7 Å². The molecule has 3 aromatic rings. The van der Waals surface area contributed by atoms with Gasteiger partial charge in [-0.05, 0) is 59.4 Å². The lowest BCUT2D eigenvalue weighted by atomic mass is 10.0. The molecule has 0 aliphatic carbocycles. The van der Waals surface area contributed by atoms with Gasteiger partial charge in [0, 0.05) is 19.6 Å². The average molecular weight is 429 g/mol. The zero-order chi connectivity index (χ0) is 21.7. The molecule has 0 spiro atoms. The Labute approximate surface area is 187 Å². The van der Waals surface area contributed by atoms with Crippen LogP contribution in [0.25, 0.3) is 0 Å². The molecule has 0 amide bonds. The van der Waals surface area contributed by atoms with E-state index < -0.39 is 0 Å². The molecule has 150 valence electrons. The fourth-order valence-electron chi connectivity index (χ4n) is 3.05. The van der Waals surface area contributed by atoms with Crippen molar-refractivity contribution in [3.05, 3.63) is 82.9 Å². The molecule has 0 saturated carbocycles. The zero-order valence-corrected chi connectivity index (χ0v) is 19.3. The van der Waals surface area contributed by atoms with Gasteiger partial charge in [0.05, 0.1) is 11.1 Å². The van der Waals surface area contributed by atoms with Crippen molar-refractivity contribution < 1.29 is 0 Å². The van der Waals surface area contributed by atoms with Gasteiger partial charge in [0.25, 0.3) is 0 Å². The Bertz CT molecular complexity index is 1010. The second-order valence-corrected chi connectivity index (χ2v) is 9.92. The number of benzene rings is 3. The molecule has 3 rings (SSSR count). The molecule has 0 aliphatic rings. The third-order valence-corrected chi connectivity index (χ3v) is 7.04. The largest absolute Gasteiger partial charge is 0.192 e. The average Bonchev–Trinajstić information content (AvgIpc) is 2.75. The van der Waals surface area contributed by atoms with Crippen molar-refractivity contribution in [2.24, 2.45) is 0 Å². The van der Waals surface area contributed by atoms with E-state index in [9.17, 15) is 10.5 Å². The highest BCUT2D eigenvalue weighted by Crippen LogP contribution is 2.38. The molecule has 4 heteroatoms. The molecular weight excluding hydrogens is 404 g/mol. The van der Waals surface area contributed by atoms with E-state index in [1.54, 1.807) is 0 Å². The van der Waals surface area contributed by atoms with Crippen LogP contribution in [0.1, 0.15) is 61.8 Å². The lowest BCUT2D eigenvalue weighted by Gasteiger charge is -2.11. The van der Waals surface area contributed by atoms with E-state index in [1.807, 2.05) is 12.1 Å². The highest BCUT2D eigenvalue weighted by atomic mass is 32.2. The van der Waals surface area contributed by atoms with Crippen LogP contribution in [0.4, 0.5) is 0 Å². The lowest BCUT2D eigenvalue weighted by molar-refractivity contribution is 0.865. The number of hydrogen-bond acceptors (Lipinski definition) is 4. The monoisotopic (exact) mass is 428 g/mol. The summed E-state index contributed by atoms with van der Waals surface area (Å²) in [5.41, 5.74) is 3.46. The molecule has 3 aromatic carbocycles. The fourth-order valence-corrected chi connectivity index (χ4v) is 4.88. The SMILES string of the molecule is CC(C)c1ccc(Sc2ccc(Sc3ccc(C(C)C)cc3)c(C#N)c2C#N)cc1. The van der Waals surface area contributed by atoms with E-state index in [0.29, 0.717) is 23.0 Å². The first-order valence-electron chi connectivity index (χ1n) is 9.95. The summed E-state index contributed by atoms with van der Waals surface area (Å²) in [4.78, 5) is 3.74. The van der Waals surface area contributed by atoms with Gasteiger partial charge in [-0.25, -0.2) is 0 Å². The molecule has 2 nitrogen and oxygen atoms in total. The summed E-state index contributed by atoms with van der Waals surface area (Å²) in [6.07, 6.45) is 0.